The highest BCUT2D eigenvalue weighted by molar-refractivity contribution is 7.91. The van der Waals surface area contributed by atoms with E-state index in [0.717, 1.165) is 42.0 Å². The van der Waals surface area contributed by atoms with Crippen LogP contribution in [0, 0.1) is 11.3 Å². The summed E-state index contributed by atoms with van der Waals surface area (Å²) >= 11 is 0. The maximum Gasteiger partial charge on any atom is 0.248 e. The van der Waals surface area contributed by atoms with Crippen molar-refractivity contribution in [3.05, 3.63) is 53.6 Å². The Balaban J connectivity index is 1.89. The van der Waals surface area contributed by atoms with Gasteiger partial charge in [-0.15, -0.1) is 0 Å². The quantitative estimate of drug-likeness (QED) is 0.724. The SMILES string of the molecule is N#CCCS(=O)(=O)C/C(=C\c1ccc2ccccc2c1)C(=O)NC1CCCC1. The molecule has 0 radical (unpaired) electrons. The minimum Gasteiger partial charge on any atom is -0.350 e. The molecule has 0 spiro atoms. The monoisotopic (exact) mass is 396 g/mol. The fraction of sp³-hybridized carbons (Fsp3) is 0.364. The van der Waals surface area contributed by atoms with Crippen LogP contribution in [0.25, 0.3) is 16.8 Å². The third-order valence-electron chi connectivity index (χ3n) is 5.00. The highest BCUT2D eigenvalue weighted by Gasteiger charge is 2.23. The smallest absolute Gasteiger partial charge is 0.248 e. The lowest BCUT2D eigenvalue weighted by atomic mass is 10.0. The number of benzene rings is 2. The summed E-state index contributed by atoms with van der Waals surface area (Å²) in [5.74, 6) is -0.935. The van der Waals surface area contributed by atoms with Gasteiger partial charge in [-0.2, -0.15) is 5.26 Å². The largest absolute Gasteiger partial charge is 0.350 e. The predicted octanol–water partition coefficient (Wildman–Crippen LogP) is 3.61. The minimum atomic E-state index is -3.54. The van der Waals surface area contributed by atoms with E-state index in [1.165, 1.54) is 0 Å². The lowest BCUT2D eigenvalue weighted by Crippen LogP contribution is -2.35. The summed E-state index contributed by atoms with van der Waals surface area (Å²) in [6, 6.07) is 15.6. The van der Waals surface area contributed by atoms with Crippen molar-refractivity contribution >= 4 is 32.6 Å². The summed E-state index contributed by atoms with van der Waals surface area (Å²) in [6.07, 6.45) is 5.59. The molecule has 1 amide bonds. The normalized spacial score (nSPS) is 15.5. The predicted molar refractivity (Wildman–Crippen MR) is 111 cm³/mol. The minimum absolute atomic E-state index is 0.0736. The Bertz CT molecular complexity index is 1030. The Hall–Kier alpha value is -2.65. The molecule has 1 aliphatic carbocycles. The molecule has 1 fully saturated rings. The summed E-state index contributed by atoms with van der Waals surface area (Å²) in [6.45, 7) is 0. The molecule has 2 aromatic carbocycles. The van der Waals surface area contributed by atoms with Gasteiger partial charge in [0.1, 0.15) is 0 Å². The molecule has 146 valence electrons. The fourth-order valence-corrected chi connectivity index (χ4v) is 4.76. The second kappa shape index (κ2) is 9.03. The first-order valence-electron chi connectivity index (χ1n) is 9.54. The van der Waals surface area contributed by atoms with Crippen molar-refractivity contribution in [1.29, 1.82) is 5.26 Å². The molecule has 0 saturated heterocycles. The van der Waals surface area contributed by atoms with Crippen LogP contribution in [-0.2, 0) is 14.6 Å². The number of hydrogen-bond donors (Lipinski definition) is 1. The van der Waals surface area contributed by atoms with E-state index in [1.807, 2.05) is 48.5 Å². The fourth-order valence-electron chi connectivity index (χ4n) is 3.53. The highest BCUT2D eigenvalue weighted by Crippen LogP contribution is 2.21. The molecule has 6 heteroatoms. The summed E-state index contributed by atoms with van der Waals surface area (Å²) in [4.78, 5) is 12.8. The van der Waals surface area contributed by atoms with Gasteiger partial charge in [-0.3, -0.25) is 4.79 Å². The van der Waals surface area contributed by atoms with Crippen LogP contribution in [0.5, 0.6) is 0 Å². The third-order valence-corrected chi connectivity index (χ3v) is 6.57. The number of nitrogens with one attached hydrogen (secondary N) is 1. The third kappa shape index (κ3) is 5.43. The Morgan fingerprint density at radius 2 is 1.86 bits per heavy atom. The summed E-state index contributed by atoms with van der Waals surface area (Å²) < 4.78 is 24.7. The topological polar surface area (TPSA) is 87.0 Å². The van der Waals surface area contributed by atoms with Gasteiger partial charge in [-0.05, 0) is 41.3 Å². The Morgan fingerprint density at radius 1 is 1.14 bits per heavy atom. The number of hydrogen-bond acceptors (Lipinski definition) is 4. The van der Waals surface area contributed by atoms with E-state index in [1.54, 1.807) is 6.08 Å². The molecule has 0 atom stereocenters. The number of fused-ring (bicyclic) bond motifs is 1. The van der Waals surface area contributed by atoms with Crippen molar-refractivity contribution in [3.8, 4) is 6.07 Å². The molecule has 0 heterocycles. The van der Waals surface area contributed by atoms with E-state index in [4.69, 9.17) is 5.26 Å². The molecule has 0 aromatic heterocycles. The Labute approximate surface area is 166 Å². The molecule has 1 N–H and O–H groups in total. The number of rotatable bonds is 7. The van der Waals surface area contributed by atoms with Crippen LogP contribution in [0.4, 0.5) is 0 Å². The summed E-state index contributed by atoms with van der Waals surface area (Å²) in [7, 11) is -3.54. The summed E-state index contributed by atoms with van der Waals surface area (Å²) in [5, 5.41) is 13.8. The number of sulfone groups is 1. The number of carbonyl (C=O) groups is 1. The number of amides is 1. The first-order chi connectivity index (χ1) is 13.5. The zero-order valence-electron chi connectivity index (χ0n) is 15.7. The Morgan fingerprint density at radius 3 is 2.57 bits per heavy atom. The second-order valence-corrected chi connectivity index (χ2v) is 9.42. The maximum absolute atomic E-state index is 12.8. The van der Waals surface area contributed by atoms with Gasteiger partial charge in [0, 0.05) is 18.0 Å². The van der Waals surface area contributed by atoms with Gasteiger partial charge in [-0.1, -0.05) is 49.2 Å². The molecule has 0 unspecified atom stereocenters. The van der Waals surface area contributed by atoms with Crippen molar-refractivity contribution < 1.29 is 13.2 Å². The number of nitriles is 1. The van der Waals surface area contributed by atoms with Crippen LogP contribution in [0.2, 0.25) is 0 Å². The molecule has 3 rings (SSSR count). The molecule has 0 bridgehead atoms. The van der Waals surface area contributed by atoms with E-state index >= 15 is 0 Å². The first kappa shape index (κ1) is 20.1. The van der Waals surface area contributed by atoms with Crippen LogP contribution < -0.4 is 5.32 Å². The van der Waals surface area contributed by atoms with Crippen LogP contribution in [0.3, 0.4) is 0 Å². The maximum atomic E-state index is 12.8. The van der Waals surface area contributed by atoms with Crippen LogP contribution in [0.15, 0.2) is 48.0 Å². The molecule has 28 heavy (non-hydrogen) atoms. The molecular formula is C22H24N2O3S. The van der Waals surface area contributed by atoms with Gasteiger partial charge < -0.3 is 5.32 Å². The molecule has 2 aromatic rings. The highest BCUT2D eigenvalue weighted by atomic mass is 32.2. The van der Waals surface area contributed by atoms with Gasteiger partial charge in [0.15, 0.2) is 9.84 Å². The van der Waals surface area contributed by atoms with E-state index in [9.17, 15) is 13.2 Å². The number of carbonyl (C=O) groups excluding carboxylic acids is 1. The van der Waals surface area contributed by atoms with E-state index in [-0.39, 0.29) is 35.4 Å². The van der Waals surface area contributed by atoms with E-state index in [2.05, 4.69) is 5.32 Å². The molecule has 5 nitrogen and oxygen atoms in total. The molecule has 0 aliphatic heterocycles. The van der Waals surface area contributed by atoms with Crippen LogP contribution in [0.1, 0.15) is 37.7 Å². The van der Waals surface area contributed by atoms with Gasteiger partial charge in [0.05, 0.1) is 17.6 Å². The zero-order chi connectivity index (χ0) is 20.0. The van der Waals surface area contributed by atoms with Gasteiger partial charge in [-0.25, -0.2) is 8.42 Å². The van der Waals surface area contributed by atoms with Crippen LogP contribution in [-0.4, -0.2) is 31.9 Å². The number of nitrogens with zero attached hydrogens (tertiary/aromatic N) is 1. The average Bonchev–Trinajstić information content (AvgIpc) is 3.18. The van der Waals surface area contributed by atoms with E-state index in [0.29, 0.717) is 0 Å². The molecular weight excluding hydrogens is 372 g/mol. The Kier molecular flexibility index (Phi) is 6.48. The van der Waals surface area contributed by atoms with Crippen molar-refractivity contribution in [3.63, 3.8) is 0 Å². The van der Waals surface area contributed by atoms with Crippen molar-refractivity contribution in [2.45, 2.75) is 38.1 Å². The standard InChI is InChI=1S/C22H24N2O3S/c23-12-5-13-28(26,27)16-20(22(25)24-21-8-3-4-9-21)15-17-10-11-18-6-1-2-7-19(18)14-17/h1-2,6-7,10-11,14-15,21H,3-5,8-9,13,16H2,(H,24,25)/b20-15+. The lowest BCUT2D eigenvalue weighted by Gasteiger charge is -2.14. The van der Waals surface area contributed by atoms with Gasteiger partial charge >= 0.3 is 0 Å². The van der Waals surface area contributed by atoms with Crippen LogP contribution >= 0.6 is 0 Å². The zero-order valence-corrected chi connectivity index (χ0v) is 16.5. The lowest BCUT2D eigenvalue weighted by molar-refractivity contribution is -0.118. The van der Waals surface area contributed by atoms with Crippen molar-refractivity contribution in [2.24, 2.45) is 0 Å². The average molecular weight is 397 g/mol. The van der Waals surface area contributed by atoms with Gasteiger partial charge in [0.2, 0.25) is 5.91 Å². The second-order valence-electron chi connectivity index (χ2n) is 7.23. The first-order valence-corrected chi connectivity index (χ1v) is 11.4. The molecule has 1 aliphatic rings. The van der Waals surface area contributed by atoms with E-state index < -0.39 is 9.84 Å². The molecule has 1 saturated carbocycles. The summed E-state index contributed by atoms with van der Waals surface area (Å²) in [5.41, 5.74) is 1.01. The van der Waals surface area contributed by atoms with Gasteiger partial charge in [0.25, 0.3) is 0 Å². The van der Waals surface area contributed by atoms with Crippen molar-refractivity contribution in [2.75, 3.05) is 11.5 Å². The van der Waals surface area contributed by atoms with Crippen molar-refractivity contribution in [1.82, 2.24) is 5.32 Å².